The second kappa shape index (κ2) is 7.43. The highest BCUT2D eigenvalue weighted by Crippen LogP contribution is 2.21. The minimum absolute atomic E-state index is 0. The van der Waals surface area contributed by atoms with Crippen molar-refractivity contribution in [3.05, 3.63) is 33.3 Å². The Morgan fingerprint density at radius 1 is 1.40 bits per heavy atom. The van der Waals surface area contributed by atoms with Crippen molar-refractivity contribution >= 4 is 34.2 Å². The van der Waals surface area contributed by atoms with E-state index in [-0.39, 0.29) is 24.2 Å². The molecule has 1 unspecified atom stereocenters. The van der Waals surface area contributed by atoms with Gasteiger partial charge in [-0.25, -0.2) is 0 Å². The number of benzene rings is 1. The van der Waals surface area contributed by atoms with Crippen molar-refractivity contribution in [1.29, 1.82) is 0 Å². The van der Waals surface area contributed by atoms with Gasteiger partial charge in [0.05, 0.1) is 0 Å². The average molecular weight is 362 g/mol. The SMILES string of the molecule is Cc1cc(Br)cc(C)c1CNC(=O)C(C)C1CNC1.Cl. The summed E-state index contributed by atoms with van der Waals surface area (Å²) < 4.78 is 1.09. The smallest absolute Gasteiger partial charge is 0.223 e. The monoisotopic (exact) mass is 360 g/mol. The molecule has 3 nitrogen and oxygen atoms in total. The van der Waals surface area contributed by atoms with E-state index in [2.05, 4.69) is 52.5 Å². The summed E-state index contributed by atoms with van der Waals surface area (Å²) in [5.74, 6) is 0.748. The molecule has 0 spiro atoms. The Balaban J connectivity index is 0.00000200. The van der Waals surface area contributed by atoms with Crippen LogP contribution >= 0.6 is 28.3 Å². The van der Waals surface area contributed by atoms with Gasteiger partial charge < -0.3 is 10.6 Å². The van der Waals surface area contributed by atoms with Gasteiger partial charge in [0, 0.05) is 16.9 Å². The maximum Gasteiger partial charge on any atom is 0.223 e. The van der Waals surface area contributed by atoms with E-state index in [0.29, 0.717) is 12.5 Å². The molecule has 0 aliphatic carbocycles. The first-order valence-electron chi connectivity index (χ1n) is 6.73. The summed E-state index contributed by atoms with van der Waals surface area (Å²) in [7, 11) is 0. The third-order valence-corrected chi connectivity index (χ3v) is 4.49. The maximum absolute atomic E-state index is 12.1. The van der Waals surface area contributed by atoms with E-state index in [4.69, 9.17) is 0 Å². The Labute approximate surface area is 135 Å². The summed E-state index contributed by atoms with van der Waals surface area (Å²) in [5.41, 5.74) is 3.64. The number of carbonyl (C=O) groups excluding carboxylic acids is 1. The van der Waals surface area contributed by atoms with Gasteiger partial charge in [0.15, 0.2) is 0 Å². The Bertz CT molecular complexity index is 466. The summed E-state index contributed by atoms with van der Waals surface area (Å²) in [6.07, 6.45) is 0. The van der Waals surface area contributed by atoms with Crippen LogP contribution in [0.25, 0.3) is 0 Å². The normalized spacial score (nSPS) is 16.0. The van der Waals surface area contributed by atoms with Gasteiger partial charge in [-0.15, -0.1) is 12.4 Å². The number of rotatable bonds is 4. The van der Waals surface area contributed by atoms with Crippen LogP contribution in [0.3, 0.4) is 0 Å². The Kier molecular flexibility index (Phi) is 6.49. The number of aryl methyl sites for hydroxylation is 2. The molecule has 1 aliphatic heterocycles. The third-order valence-electron chi connectivity index (χ3n) is 4.03. The van der Waals surface area contributed by atoms with Gasteiger partial charge in [-0.2, -0.15) is 0 Å². The van der Waals surface area contributed by atoms with Crippen LogP contribution in [0.15, 0.2) is 16.6 Å². The van der Waals surface area contributed by atoms with Crippen LogP contribution in [-0.4, -0.2) is 19.0 Å². The molecule has 1 atom stereocenters. The number of hydrogen-bond donors (Lipinski definition) is 2. The van der Waals surface area contributed by atoms with Gasteiger partial charge in [-0.05, 0) is 61.7 Å². The fourth-order valence-electron chi connectivity index (χ4n) is 2.43. The molecule has 2 N–H and O–H groups in total. The average Bonchev–Trinajstić information content (AvgIpc) is 2.24. The molecule has 112 valence electrons. The standard InChI is InChI=1S/C15H21BrN2O.ClH/c1-9-4-13(16)5-10(2)14(9)8-18-15(19)11(3)12-6-17-7-12;/h4-5,11-12,17H,6-8H2,1-3H3,(H,18,19);1H. The maximum atomic E-state index is 12.1. The van der Waals surface area contributed by atoms with Crippen LogP contribution in [0.1, 0.15) is 23.6 Å². The lowest BCUT2D eigenvalue weighted by molar-refractivity contribution is -0.126. The van der Waals surface area contributed by atoms with Crippen LogP contribution in [0, 0.1) is 25.7 Å². The largest absolute Gasteiger partial charge is 0.352 e. The number of nitrogens with one attached hydrogen (secondary N) is 2. The van der Waals surface area contributed by atoms with E-state index >= 15 is 0 Å². The van der Waals surface area contributed by atoms with Gasteiger partial charge in [0.25, 0.3) is 0 Å². The second-order valence-corrected chi connectivity index (χ2v) is 6.36. The Hall–Kier alpha value is -0.580. The van der Waals surface area contributed by atoms with Gasteiger partial charge in [0.2, 0.25) is 5.91 Å². The highest BCUT2D eigenvalue weighted by molar-refractivity contribution is 9.10. The molecular formula is C15H22BrClN2O. The summed E-state index contributed by atoms with van der Waals surface area (Å²) in [4.78, 5) is 12.1. The first-order valence-corrected chi connectivity index (χ1v) is 7.52. The zero-order chi connectivity index (χ0) is 14.0. The molecule has 0 aromatic heterocycles. The molecule has 0 bridgehead atoms. The molecule has 1 fully saturated rings. The molecule has 1 heterocycles. The molecule has 1 saturated heterocycles. The molecular weight excluding hydrogens is 340 g/mol. The molecule has 1 aliphatic rings. The first-order chi connectivity index (χ1) is 8.99. The van der Waals surface area contributed by atoms with E-state index in [1.165, 1.54) is 16.7 Å². The molecule has 0 radical (unpaired) electrons. The fourth-order valence-corrected chi connectivity index (χ4v) is 3.12. The molecule has 1 amide bonds. The van der Waals surface area contributed by atoms with Crippen molar-refractivity contribution in [1.82, 2.24) is 10.6 Å². The van der Waals surface area contributed by atoms with Gasteiger partial charge >= 0.3 is 0 Å². The van der Waals surface area contributed by atoms with E-state index < -0.39 is 0 Å². The van der Waals surface area contributed by atoms with Crippen molar-refractivity contribution in [3.8, 4) is 0 Å². The Morgan fingerprint density at radius 2 is 1.95 bits per heavy atom. The number of amides is 1. The van der Waals surface area contributed by atoms with Crippen LogP contribution < -0.4 is 10.6 Å². The zero-order valence-electron chi connectivity index (χ0n) is 12.1. The van der Waals surface area contributed by atoms with Crippen molar-refractivity contribution in [2.24, 2.45) is 11.8 Å². The van der Waals surface area contributed by atoms with E-state index in [1.54, 1.807) is 0 Å². The Morgan fingerprint density at radius 3 is 2.40 bits per heavy atom. The van der Waals surface area contributed by atoms with E-state index in [9.17, 15) is 4.79 Å². The summed E-state index contributed by atoms with van der Waals surface area (Å²) >= 11 is 3.49. The van der Waals surface area contributed by atoms with Crippen molar-refractivity contribution in [3.63, 3.8) is 0 Å². The first kappa shape index (κ1) is 17.5. The highest BCUT2D eigenvalue weighted by Gasteiger charge is 2.28. The highest BCUT2D eigenvalue weighted by atomic mass is 79.9. The minimum atomic E-state index is 0. The lowest BCUT2D eigenvalue weighted by Crippen LogP contribution is -2.49. The van der Waals surface area contributed by atoms with Gasteiger partial charge in [-0.1, -0.05) is 22.9 Å². The van der Waals surface area contributed by atoms with Crippen LogP contribution in [0.2, 0.25) is 0 Å². The minimum Gasteiger partial charge on any atom is -0.352 e. The predicted octanol–water partition coefficient (Wildman–Crippen LogP) is 2.96. The second-order valence-electron chi connectivity index (χ2n) is 5.44. The topological polar surface area (TPSA) is 41.1 Å². The van der Waals surface area contributed by atoms with Gasteiger partial charge in [0.1, 0.15) is 0 Å². The van der Waals surface area contributed by atoms with Crippen LogP contribution in [0.5, 0.6) is 0 Å². The quantitative estimate of drug-likeness (QED) is 0.865. The molecule has 5 heteroatoms. The van der Waals surface area contributed by atoms with Crippen LogP contribution in [-0.2, 0) is 11.3 Å². The molecule has 1 aromatic carbocycles. The predicted molar refractivity (Wildman–Crippen MR) is 88.2 cm³/mol. The lowest BCUT2D eigenvalue weighted by atomic mass is 9.88. The van der Waals surface area contributed by atoms with Gasteiger partial charge in [-0.3, -0.25) is 4.79 Å². The molecule has 1 aromatic rings. The van der Waals surface area contributed by atoms with Crippen LogP contribution in [0.4, 0.5) is 0 Å². The van der Waals surface area contributed by atoms with E-state index in [0.717, 1.165) is 17.6 Å². The number of halogens is 2. The van der Waals surface area contributed by atoms with Crippen molar-refractivity contribution in [2.45, 2.75) is 27.3 Å². The van der Waals surface area contributed by atoms with Crippen molar-refractivity contribution < 1.29 is 4.79 Å². The molecule has 20 heavy (non-hydrogen) atoms. The molecule has 2 rings (SSSR count). The molecule has 0 saturated carbocycles. The fraction of sp³-hybridized carbons (Fsp3) is 0.533. The summed E-state index contributed by atoms with van der Waals surface area (Å²) in [5, 5.41) is 6.28. The lowest BCUT2D eigenvalue weighted by Gasteiger charge is -2.31. The third kappa shape index (κ3) is 3.96. The van der Waals surface area contributed by atoms with Crippen molar-refractivity contribution in [2.75, 3.05) is 13.1 Å². The van der Waals surface area contributed by atoms with E-state index in [1.807, 2.05) is 6.92 Å². The number of hydrogen-bond acceptors (Lipinski definition) is 2. The summed E-state index contributed by atoms with van der Waals surface area (Å²) in [6.45, 7) is 8.73. The summed E-state index contributed by atoms with van der Waals surface area (Å²) in [6, 6.07) is 4.18. The zero-order valence-corrected chi connectivity index (χ0v) is 14.5. The number of carbonyl (C=O) groups is 1.